The first kappa shape index (κ1) is 14.0. The van der Waals surface area contributed by atoms with E-state index in [1.54, 1.807) is 0 Å². The van der Waals surface area contributed by atoms with Crippen LogP contribution in [0.1, 0.15) is 23.2 Å². The number of hydrogen-bond donors (Lipinski definition) is 3. The number of hydrogen-bond acceptors (Lipinski definition) is 3. The highest BCUT2D eigenvalue weighted by Crippen LogP contribution is 2.35. The molecule has 20 heavy (non-hydrogen) atoms. The molecule has 1 aliphatic carbocycles. The van der Waals surface area contributed by atoms with Crippen molar-refractivity contribution in [3.63, 3.8) is 0 Å². The van der Waals surface area contributed by atoms with Crippen LogP contribution in [0.3, 0.4) is 0 Å². The van der Waals surface area contributed by atoms with Gasteiger partial charge in [-0.05, 0) is 31.0 Å². The van der Waals surface area contributed by atoms with Gasteiger partial charge in [-0.2, -0.15) is 0 Å². The molecule has 0 spiro atoms. The van der Waals surface area contributed by atoms with Gasteiger partial charge in [0.25, 0.3) is 5.91 Å². The van der Waals surface area contributed by atoms with Gasteiger partial charge < -0.3 is 15.7 Å². The summed E-state index contributed by atoms with van der Waals surface area (Å²) < 4.78 is 12.9. The minimum absolute atomic E-state index is 0.0946. The number of carboxylic acids is 1. The molecule has 0 atom stereocenters. The van der Waals surface area contributed by atoms with Crippen molar-refractivity contribution in [1.29, 1.82) is 0 Å². The molecule has 3 N–H and O–H groups in total. The zero-order chi connectivity index (χ0) is 14.8. The van der Waals surface area contributed by atoms with Crippen LogP contribution in [0.2, 0.25) is 0 Å². The molecule has 2 rings (SSSR count). The lowest BCUT2D eigenvalue weighted by Gasteiger charge is -2.12. The van der Waals surface area contributed by atoms with Crippen LogP contribution in [-0.4, -0.2) is 35.0 Å². The molecular weight excluding hydrogens is 267 g/mol. The smallest absolute Gasteiger partial charge is 0.329 e. The van der Waals surface area contributed by atoms with Gasteiger partial charge in [0, 0.05) is 5.56 Å². The fourth-order valence-electron chi connectivity index (χ4n) is 1.72. The number of nitrogens with one attached hydrogen (secondary N) is 2. The predicted octanol–water partition coefficient (Wildman–Crippen LogP) is 0.289. The van der Waals surface area contributed by atoms with E-state index in [0.717, 1.165) is 6.07 Å². The van der Waals surface area contributed by atoms with Gasteiger partial charge in [-0.1, -0.05) is 6.07 Å². The van der Waals surface area contributed by atoms with Gasteiger partial charge in [-0.25, -0.2) is 9.18 Å². The molecule has 106 valence electrons. The summed E-state index contributed by atoms with van der Waals surface area (Å²) in [7, 11) is 0. The topological polar surface area (TPSA) is 95.5 Å². The Morgan fingerprint density at radius 1 is 1.30 bits per heavy atom. The van der Waals surface area contributed by atoms with Crippen LogP contribution < -0.4 is 10.6 Å². The number of benzene rings is 1. The molecule has 0 aliphatic heterocycles. The third-order valence-electron chi connectivity index (χ3n) is 3.03. The minimum atomic E-state index is -1.18. The van der Waals surface area contributed by atoms with E-state index in [-0.39, 0.29) is 12.1 Å². The molecule has 0 unspecified atom stereocenters. The summed E-state index contributed by atoms with van der Waals surface area (Å²) in [5.74, 6) is -2.82. The standard InChI is InChI=1S/C13H13FN2O4/c14-9-3-1-2-8(6-9)11(18)15-7-10(17)16-13(4-5-13)12(19)20/h1-3,6H,4-5,7H2,(H,15,18)(H,16,17)(H,19,20). The quantitative estimate of drug-likeness (QED) is 0.722. The monoisotopic (exact) mass is 280 g/mol. The van der Waals surface area contributed by atoms with E-state index in [0.29, 0.717) is 12.8 Å². The highest BCUT2D eigenvalue weighted by atomic mass is 19.1. The normalized spacial score (nSPS) is 15.2. The number of carboxylic acid groups (broad SMARTS) is 1. The molecule has 1 saturated carbocycles. The summed E-state index contributed by atoms with van der Waals surface area (Å²) in [4.78, 5) is 34.1. The van der Waals surface area contributed by atoms with Crippen molar-refractivity contribution in [2.45, 2.75) is 18.4 Å². The van der Waals surface area contributed by atoms with Gasteiger partial charge in [0.15, 0.2) is 0 Å². The second kappa shape index (κ2) is 5.28. The van der Waals surface area contributed by atoms with Gasteiger partial charge in [-0.15, -0.1) is 0 Å². The van der Waals surface area contributed by atoms with Crippen LogP contribution in [0.15, 0.2) is 24.3 Å². The fraction of sp³-hybridized carbons (Fsp3) is 0.308. The zero-order valence-corrected chi connectivity index (χ0v) is 10.5. The molecule has 1 fully saturated rings. The van der Waals surface area contributed by atoms with Crippen LogP contribution >= 0.6 is 0 Å². The van der Waals surface area contributed by atoms with E-state index < -0.39 is 29.1 Å². The SMILES string of the molecule is O=C(CNC(=O)c1cccc(F)c1)NC1(C(=O)O)CC1. The van der Waals surface area contributed by atoms with Crippen molar-refractivity contribution >= 4 is 17.8 Å². The molecule has 0 radical (unpaired) electrons. The Balaban J connectivity index is 1.85. The largest absolute Gasteiger partial charge is 0.480 e. The Labute approximate surface area is 114 Å². The Morgan fingerprint density at radius 3 is 2.55 bits per heavy atom. The Hall–Kier alpha value is -2.44. The van der Waals surface area contributed by atoms with Gasteiger partial charge in [0.2, 0.25) is 5.91 Å². The summed E-state index contributed by atoms with van der Waals surface area (Å²) in [6, 6.07) is 5.05. The molecule has 0 bridgehead atoms. The predicted molar refractivity (Wildman–Crippen MR) is 66.5 cm³/mol. The molecule has 1 aliphatic rings. The molecule has 1 aromatic carbocycles. The molecule has 0 saturated heterocycles. The zero-order valence-electron chi connectivity index (χ0n) is 10.5. The van der Waals surface area contributed by atoms with Gasteiger partial charge in [-0.3, -0.25) is 9.59 Å². The average Bonchev–Trinajstić information content (AvgIpc) is 3.17. The van der Waals surface area contributed by atoms with E-state index in [1.807, 2.05) is 0 Å². The summed E-state index contributed by atoms with van der Waals surface area (Å²) >= 11 is 0. The first-order chi connectivity index (χ1) is 9.43. The van der Waals surface area contributed by atoms with Crippen LogP contribution in [0.5, 0.6) is 0 Å². The fourth-order valence-corrected chi connectivity index (χ4v) is 1.72. The van der Waals surface area contributed by atoms with Crippen molar-refractivity contribution in [3.05, 3.63) is 35.6 Å². The number of halogens is 1. The maximum absolute atomic E-state index is 12.9. The maximum atomic E-state index is 12.9. The lowest BCUT2D eigenvalue weighted by atomic mass is 10.2. The van der Waals surface area contributed by atoms with Crippen LogP contribution in [0, 0.1) is 5.82 Å². The highest BCUT2D eigenvalue weighted by molar-refractivity contribution is 5.97. The van der Waals surface area contributed by atoms with Gasteiger partial charge in [0.1, 0.15) is 11.4 Å². The van der Waals surface area contributed by atoms with E-state index in [2.05, 4.69) is 10.6 Å². The molecule has 7 heteroatoms. The Morgan fingerprint density at radius 2 is 2.00 bits per heavy atom. The number of rotatable bonds is 5. The first-order valence-corrected chi connectivity index (χ1v) is 6.01. The maximum Gasteiger partial charge on any atom is 0.329 e. The molecule has 2 amide bonds. The van der Waals surface area contributed by atoms with Crippen molar-refractivity contribution in [2.75, 3.05) is 6.54 Å². The Kier molecular flexibility index (Phi) is 3.69. The second-order valence-electron chi connectivity index (χ2n) is 4.63. The van der Waals surface area contributed by atoms with Gasteiger partial charge >= 0.3 is 5.97 Å². The lowest BCUT2D eigenvalue weighted by Crippen LogP contribution is -2.47. The molecule has 0 aromatic heterocycles. The summed E-state index contributed by atoms with van der Waals surface area (Å²) in [5, 5.41) is 13.6. The first-order valence-electron chi connectivity index (χ1n) is 6.01. The average molecular weight is 280 g/mol. The van der Waals surface area contributed by atoms with Crippen LogP contribution in [0.25, 0.3) is 0 Å². The minimum Gasteiger partial charge on any atom is -0.480 e. The van der Waals surface area contributed by atoms with E-state index in [4.69, 9.17) is 5.11 Å². The summed E-state index contributed by atoms with van der Waals surface area (Å²) in [6.45, 7) is -0.357. The third kappa shape index (κ3) is 3.11. The van der Waals surface area contributed by atoms with Crippen molar-refractivity contribution in [1.82, 2.24) is 10.6 Å². The molecule has 0 heterocycles. The van der Waals surface area contributed by atoms with Gasteiger partial charge in [0.05, 0.1) is 6.54 Å². The van der Waals surface area contributed by atoms with E-state index in [1.165, 1.54) is 18.2 Å². The number of aliphatic carboxylic acids is 1. The highest BCUT2D eigenvalue weighted by Gasteiger charge is 2.51. The second-order valence-corrected chi connectivity index (χ2v) is 4.63. The Bertz CT molecular complexity index is 569. The summed E-state index contributed by atoms with van der Waals surface area (Å²) in [6.07, 6.45) is 0.762. The molecule has 6 nitrogen and oxygen atoms in total. The molecular formula is C13H13FN2O4. The van der Waals surface area contributed by atoms with Crippen molar-refractivity contribution < 1.29 is 23.9 Å². The van der Waals surface area contributed by atoms with Crippen LogP contribution in [-0.2, 0) is 9.59 Å². The van der Waals surface area contributed by atoms with Crippen LogP contribution in [0.4, 0.5) is 4.39 Å². The van der Waals surface area contributed by atoms with Crippen molar-refractivity contribution in [3.8, 4) is 0 Å². The van der Waals surface area contributed by atoms with E-state index in [9.17, 15) is 18.8 Å². The third-order valence-corrected chi connectivity index (χ3v) is 3.03. The number of amides is 2. The number of carbonyl (C=O) groups is 3. The molecule has 1 aromatic rings. The summed E-state index contributed by atoms with van der Waals surface area (Å²) in [5.41, 5.74) is -1.09. The lowest BCUT2D eigenvalue weighted by molar-refractivity contribution is -0.143. The van der Waals surface area contributed by atoms with Crippen molar-refractivity contribution in [2.24, 2.45) is 0 Å². The van der Waals surface area contributed by atoms with E-state index >= 15 is 0 Å². The number of carbonyl (C=O) groups excluding carboxylic acids is 2.